The smallest absolute Gasteiger partial charge is 0.244 e. The average Bonchev–Trinajstić information content (AvgIpc) is 2.81. The molecule has 0 amide bonds. The maximum absolute atomic E-state index is 12.6. The van der Waals surface area contributed by atoms with Crippen LogP contribution in [0.1, 0.15) is 22.6 Å². The van der Waals surface area contributed by atoms with Gasteiger partial charge in [0.05, 0.1) is 11.5 Å². The van der Waals surface area contributed by atoms with Gasteiger partial charge in [0.2, 0.25) is 10.0 Å². The minimum absolute atomic E-state index is 0.00405. The van der Waals surface area contributed by atoms with E-state index >= 15 is 0 Å². The molecule has 0 aliphatic carbocycles. The van der Waals surface area contributed by atoms with Gasteiger partial charge in [-0.2, -0.15) is 4.31 Å². The van der Waals surface area contributed by atoms with Crippen molar-refractivity contribution in [2.75, 3.05) is 20.3 Å². The number of aliphatic hydroxyl groups is 1. The molecule has 1 fully saturated rings. The highest BCUT2D eigenvalue weighted by Crippen LogP contribution is 2.29. The summed E-state index contributed by atoms with van der Waals surface area (Å²) in [5.41, 5.74) is 0. The molecular weight excluding hydrogens is 286 g/mol. The van der Waals surface area contributed by atoms with Crippen molar-refractivity contribution < 1.29 is 18.3 Å². The van der Waals surface area contributed by atoms with Crippen molar-refractivity contribution in [3.05, 3.63) is 15.8 Å². The van der Waals surface area contributed by atoms with Crippen molar-refractivity contribution in [1.29, 1.82) is 0 Å². The van der Waals surface area contributed by atoms with Gasteiger partial charge in [-0.1, -0.05) is 0 Å². The molecule has 1 aliphatic rings. The fourth-order valence-electron chi connectivity index (χ4n) is 2.26. The van der Waals surface area contributed by atoms with E-state index in [2.05, 4.69) is 0 Å². The van der Waals surface area contributed by atoms with Crippen LogP contribution in [0.15, 0.2) is 11.0 Å². The zero-order valence-corrected chi connectivity index (χ0v) is 12.8. The molecule has 2 rings (SSSR count). The molecule has 19 heavy (non-hydrogen) atoms. The maximum Gasteiger partial charge on any atom is 0.244 e. The van der Waals surface area contributed by atoms with Gasteiger partial charge < -0.3 is 9.84 Å². The fourth-order valence-corrected chi connectivity index (χ4v) is 5.14. The summed E-state index contributed by atoms with van der Waals surface area (Å²) in [6.45, 7) is 2.86. The predicted octanol–water partition coefficient (Wildman–Crippen LogP) is 1.35. The Bertz CT molecular complexity index is 532. The van der Waals surface area contributed by atoms with E-state index in [1.165, 1.54) is 15.6 Å². The number of ether oxygens (including phenoxy) is 1. The molecule has 0 saturated carbocycles. The van der Waals surface area contributed by atoms with Gasteiger partial charge in [0.1, 0.15) is 0 Å². The van der Waals surface area contributed by atoms with Gasteiger partial charge in [0.15, 0.2) is 0 Å². The summed E-state index contributed by atoms with van der Waals surface area (Å²) in [6.07, 6.45) is 1.46. The quantitative estimate of drug-likeness (QED) is 0.912. The first kappa shape index (κ1) is 14.9. The van der Waals surface area contributed by atoms with E-state index in [4.69, 9.17) is 9.84 Å². The van der Waals surface area contributed by atoms with E-state index in [9.17, 15) is 8.42 Å². The second kappa shape index (κ2) is 5.88. The molecule has 108 valence electrons. The topological polar surface area (TPSA) is 66.8 Å². The van der Waals surface area contributed by atoms with Crippen molar-refractivity contribution in [2.24, 2.45) is 0 Å². The Hall–Kier alpha value is -0.470. The number of hydrogen-bond acceptors (Lipinski definition) is 5. The Morgan fingerprint density at radius 1 is 1.47 bits per heavy atom. The van der Waals surface area contributed by atoms with Crippen molar-refractivity contribution >= 4 is 21.4 Å². The first-order chi connectivity index (χ1) is 8.96. The van der Waals surface area contributed by atoms with Crippen LogP contribution in [0, 0.1) is 6.92 Å². The number of sulfonamides is 1. The molecule has 1 saturated heterocycles. The Balaban J connectivity index is 2.27. The van der Waals surface area contributed by atoms with Gasteiger partial charge in [-0.3, -0.25) is 0 Å². The third kappa shape index (κ3) is 3.00. The van der Waals surface area contributed by atoms with Crippen molar-refractivity contribution in [1.82, 2.24) is 4.31 Å². The van der Waals surface area contributed by atoms with E-state index in [0.29, 0.717) is 23.0 Å². The number of hydrogen-bond donors (Lipinski definition) is 1. The standard InChI is InChI=1S/C12H19NO4S2/c1-9-12(7-11(8-14)18-9)19(15,16)13(2)10-3-5-17-6-4-10/h7,10,14H,3-6,8H2,1-2H3. The zero-order chi connectivity index (χ0) is 14.0. The molecule has 1 N–H and O–H groups in total. The highest BCUT2D eigenvalue weighted by Gasteiger charge is 2.31. The molecule has 0 spiro atoms. The lowest BCUT2D eigenvalue weighted by atomic mass is 10.1. The van der Waals surface area contributed by atoms with Gasteiger partial charge in [-0.05, 0) is 25.8 Å². The van der Waals surface area contributed by atoms with Crippen molar-refractivity contribution in [3.8, 4) is 0 Å². The summed E-state index contributed by atoms with van der Waals surface area (Å²) in [7, 11) is -1.86. The Labute approximate surface area is 117 Å². The van der Waals surface area contributed by atoms with Crippen LogP contribution in [0.5, 0.6) is 0 Å². The van der Waals surface area contributed by atoms with E-state index in [0.717, 1.165) is 17.7 Å². The van der Waals surface area contributed by atoms with Gasteiger partial charge >= 0.3 is 0 Å². The monoisotopic (exact) mass is 305 g/mol. The average molecular weight is 305 g/mol. The highest BCUT2D eigenvalue weighted by atomic mass is 32.2. The number of aliphatic hydroxyl groups excluding tert-OH is 1. The maximum atomic E-state index is 12.6. The van der Waals surface area contributed by atoms with Gasteiger partial charge in [0, 0.05) is 36.1 Å². The molecule has 0 aromatic carbocycles. The molecule has 1 aliphatic heterocycles. The van der Waals surface area contributed by atoms with E-state index < -0.39 is 10.0 Å². The number of rotatable bonds is 4. The molecule has 0 radical (unpaired) electrons. The Kier molecular flexibility index (Phi) is 4.62. The van der Waals surface area contributed by atoms with Crippen LogP contribution < -0.4 is 0 Å². The van der Waals surface area contributed by atoms with E-state index in [-0.39, 0.29) is 12.6 Å². The molecular formula is C12H19NO4S2. The fraction of sp³-hybridized carbons (Fsp3) is 0.667. The van der Waals surface area contributed by atoms with E-state index in [1.54, 1.807) is 20.0 Å². The van der Waals surface area contributed by atoms with Gasteiger partial charge in [-0.25, -0.2) is 8.42 Å². The SMILES string of the molecule is Cc1sc(CO)cc1S(=O)(=O)N(C)C1CCOCC1. The summed E-state index contributed by atoms with van der Waals surface area (Å²) in [5.74, 6) is 0. The molecule has 0 atom stereocenters. The lowest BCUT2D eigenvalue weighted by Crippen LogP contribution is -2.40. The van der Waals surface area contributed by atoms with Gasteiger partial charge in [-0.15, -0.1) is 11.3 Å². The summed E-state index contributed by atoms with van der Waals surface area (Å²) >= 11 is 1.32. The number of aryl methyl sites for hydroxylation is 1. The third-order valence-electron chi connectivity index (χ3n) is 3.44. The first-order valence-electron chi connectivity index (χ1n) is 6.22. The van der Waals surface area contributed by atoms with Crippen molar-refractivity contribution in [3.63, 3.8) is 0 Å². The largest absolute Gasteiger partial charge is 0.391 e. The molecule has 0 unspecified atom stereocenters. The molecule has 2 heterocycles. The van der Waals surface area contributed by atoms with Crippen LogP contribution in [0.25, 0.3) is 0 Å². The number of thiophene rings is 1. The highest BCUT2D eigenvalue weighted by molar-refractivity contribution is 7.89. The Morgan fingerprint density at radius 2 is 2.11 bits per heavy atom. The molecule has 1 aromatic rings. The minimum Gasteiger partial charge on any atom is -0.391 e. The normalized spacial score (nSPS) is 18.1. The van der Waals surface area contributed by atoms with Gasteiger partial charge in [0.25, 0.3) is 0 Å². The van der Waals surface area contributed by atoms with Crippen LogP contribution in [0.4, 0.5) is 0 Å². The lowest BCUT2D eigenvalue weighted by molar-refractivity contribution is 0.0632. The number of nitrogens with zero attached hydrogens (tertiary/aromatic N) is 1. The van der Waals surface area contributed by atoms with Crippen molar-refractivity contribution in [2.45, 2.75) is 37.3 Å². The van der Waals surface area contributed by atoms with E-state index in [1.807, 2.05) is 0 Å². The summed E-state index contributed by atoms with van der Waals surface area (Å²) in [6, 6.07) is 1.57. The minimum atomic E-state index is -3.48. The van der Waals surface area contributed by atoms with Crippen LogP contribution in [-0.2, 0) is 21.4 Å². The first-order valence-corrected chi connectivity index (χ1v) is 8.48. The van der Waals surface area contributed by atoms with Crippen LogP contribution in [0.3, 0.4) is 0 Å². The third-order valence-corrected chi connectivity index (χ3v) is 6.64. The van der Waals surface area contributed by atoms with Crippen LogP contribution in [0.2, 0.25) is 0 Å². The molecule has 0 bridgehead atoms. The predicted molar refractivity (Wildman–Crippen MR) is 73.8 cm³/mol. The molecule has 7 heteroatoms. The molecule has 5 nitrogen and oxygen atoms in total. The van der Waals surface area contributed by atoms with Crippen LogP contribution in [-0.4, -0.2) is 44.1 Å². The molecule has 1 aromatic heterocycles. The second-order valence-corrected chi connectivity index (χ2v) is 7.96. The second-order valence-electron chi connectivity index (χ2n) is 4.66. The summed E-state index contributed by atoms with van der Waals surface area (Å²) in [5, 5.41) is 9.11. The van der Waals surface area contributed by atoms with Crippen LogP contribution >= 0.6 is 11.3 Å². The summed E-state index contributed by atoms with van der Waals surface area (Å²) < 4.78 is 31.9. The lowest BCUT2D eigenvalue weighted by Gasteiger charge is -2.30. The summed E-state index contributed by atoms with van der Waals surface area (Å²) in [4.78, 5) is 1.72. The Morgan fingerprint density at radius 3 is 2.63 bits per heavy atom. The zero-order valence-electron chi connectivity index (χ0n) is 11.1.